The average Bonchev–Trinajstić information content (AvgIpc) is 2.17. The summed E-state index contributed by atoms with van der Waals surface area (Å²) in [7, 11) is 4.13. The second-order valence-electron chi connectivity index (χ2n) is 2.77. The summed E-state index contributed by atoms with van der Waals surface area (Å²) in [4.78, 5) is 8.56. The van der Waals surface area contributed by atoms with Crippen LogP contribution in [0.3, 0.4) is 0 Å². The van der Waals surface area contributed by atoms with Gasteiger partial charge in [0.05, 0.1) is 14.1 Å². The molecule has 0 spiro atoms. The third kappa shape index (κ3) is 3.59. The highest BCUT2D eigenvalue weighted by Crippen LogP contribution is 1.94. The van der Waals surface area contributed by atoms with Crippen LogP contribution in [0, 0.1) is 13.8 Å². The van der Waals surface area contributed by atoms with Crippen LogP contribution < -0.4 is 4.57 Å². The first-order chi connectivity index (χ1) is 5.86. The van der Waals surface area contributed by atoms with Crippen LogP contribution in [0.5, 0.6) is 0 Å². The summed E-state index contributed by atoms with van der Waals surface area (Å²) in [6, 6.07) is 0. The Balaban J connectivity index is 0.000000310. The van der Waals surface area contributed by atoms with Gasteiger partial charge in [-0.15, -0.1) is 0 Å². The Labute approximate surface area is 76.9 Å². The molecular formula is C8H15N2O3+. The number of aromatic nitrogens is 2. The lowest BCUT2D eigenvalue weighted by Gasteiger charge is -1.87. The van der Waals surface area contributed by atoms with Crippen LogP contribution in [-0.2, 0) is 14.1 Å². The molecule has 0 aliphatic carbocycles. The fourth-order valence-electron chi connectivity index (χ4n) is 0.952. The lowest BCUT2D eigenvalue weighted by molar-refractivity contribution is -0.677. The summed E-state index contributed by atoms with van der Waals surface area (Å²) in [5.41, 5.74) is 1.30. The number of rotatable bonds is 0. The lowest BCUT2D eigenvalue weighted by atomic mass is 10.5. The summed E-state index contributed by atoms with van der Waals surface area (Å²) in [6.07, 6.45) is 0.287. The summed E-state index contributed by atoms with van der Waals surface area (Å²) >= 11 is 0. The third-order valence-electron chi connectivity index (χ3n) is 1.91. The minimum atomic E-state index is -1.83. The normalized spacial score (nSPS) is 8.92. The van der Waals surface area contributed by atoms with Gasteiger partial charge in [-0.3, -0.25) is 0 Å². The van der Waals surface area contributed by atoms with Crippen LogP contribution in [0.1, 0.15) is 11.5 Å². The smallest absolute Gasteiger partial charge is 0.450 e. The van der Waals surface area contributed by atoms with Gasteiger partial charge in [0.25, 0.3) is 5.82 Å². The topological polar surface area (TPSA) is 66.3 Å². The third-order valence-corrected chi connectivity index (χ3v) is 1.91. The van der Waals surface area contributed by atoms with E-state index in [1.54, 1.807) is 0 Å². The van der Waals surface area contributed by atoms with E-state index in [1.807, 2.05) is 0 Å². The van der Waals surface area contributed by atoms with Crippen LogP contribution in [0.15, 0.2) is 6.20 Å². The molecule has 0 atom stereocenters. The standard InChI is InChI=1S/C7H13N2.CH2O3/c1-6-5-8(3)7(2)9(6)4;2-1(3)4/h5H,1-4H3;(H2,2,3,4)/q+1;. The number of hydrogen-bond acceptors (Lipinski definition) is 1. The van der Waals surface area contributed by atoms with Gasteiger partial charge in [-0.25, -0.2) is 13.9 Å². The van der Waals surface area contributed by atoms with E-state index >= 15 is 0 Å². The van der Waals surface area contributed by atoms with E-state index in [2.05, 4.69) is 43.3 Å². The molecule has 1 aromatic heterocycles. The molecule has 5 nitrogen and oxygen atoms in total. The second-order valence-corrected chi connectivity index (χ2v) is 2.77. The molecule has 0 bridgehead atoms. The molecule has 0 aliphatic rings. The second kappa shape index (κ2) is 4.49. The van der Waals surface area contributed by atoms with Crippen molar-refractivity contribution in [2.75, 3.05) is 0 Å². The molecule has 0 aromatic carbocycles. The molecule has 2 N–H and O–H groups in total. The molecule has 0 saturated carbocycles. The van der Waals surface area contributed by atoms with Crippen LogP contribution in [0.2, 0.25) is 0 Å². The van der Waals surface area contributed by atoms with Gasteiger partial charge >= 0.3 is 6.16 Å². The molecular weight excluding hydrogens is 172 g/mol. The van der Waals surface area contributed by atoms with E-state index in [4.69, 9.17) is 15.0 Å². The van der Waals surface area contributed by atoms with E-state index in [-0.39, 0.29) is 0 Å². The van der Waals surface area contributed by atoms with E-state index in [1.165, 1.54) is 11.5 Å². The minimum Gasteiger partial charge on any atom is -0.450 e. The first-order valence-corrected chi connectivity index (χ1v) is 3.76. The Morgan fingerprint density at radius 3 is 1.92 bits per heavy atom. The van der Waals surface area contributed by atoms with Crippen molar-refractivity contribution in [1.29, 1.82) is 0 Å². The van der Waals surface area contributed by atoms with E-state index < -0.39 is 6.16 Å². The van der Waals surface area contributed by atoms with Crippen molar-refractivity contribution in [2.45, 2.75) is 13.8 Å². The van der Waals surface area contributed by atoms with Crippen molar-refractivity contribution < 1.29 is 19.6 Å². The summed E-state index contributed by atoms with van der Waals surface area (Å²) in [6.45, 7) is 4.21. The Morgan fingerprint density at radius 1 is 1.46 bits per heavy atom. The van der Waals surface area contributed by atoms with Gasteiger partial charge in [0, 0.05) is 13.8 Å². The molecule has 0 radical (unpaired) electrons. The maximum atomic E-state index is 8.56. The van der Waals surface area contributed by atoms with Gasteiger partial charge < -0.3 is 10.2 Å². The van der Waals surface area contributed by atoms with Crippen molar-refractivity contribution in [3.05, 3.63) is 17.7 Å². The Bertz CT molecular complexity index is 278. The Morgan fingerprint density at radius 2 is 1.85 bits per heavy atom. The zero-order chi connectivity index (χ0) is 10.6. The van der Waals surface area contributed by atoms with Crippen molar-refractivity contribution in [1.82, 2.24) is 4.57 Å². The first kappa shape index (κ1) is 11.5. The van der Waals surface area contributed by atoms with Crippen molar-refractivity contribution in [3.63, 3.8) is 0 Å². The quantitative estimate of drug-likeness (QED) is 0.587. The summed E-state index contributed by atoms with van der Waals surface area (Å²) < 4.78 is 4.29. The molecule has 5 heteroatoms. The highest BCUT2D eigenvalue weighted by atomic mass is 16.6. The highest BCUT2D eigenvalue weighted by molar-refractivity contribution is 5.53. The maximum absolute atomic E-state index is 8.56. The van der Waals surface area contributed by atoms with Gasteiger partial charge in [-0.1, -0.05) is 0 Å². The van der Waals surface area contributed by atoms with Crippen molar-refractivity contribution in [2.24, 2.45) is 14.1 Å². The van der Waals surface area contributed by atoms with E-state index in [0.717, 1.165) is 0 Å². The number of carbonyl (C=O) groups is 1. The van der Waals surface area contributed by atoms with Gasteiger partial charge in [-0.05, 0) is 0 Å². The maximum Gasteiger partial charge on any atom is 0.503 e. The van der Waals surface area contributed by atoms with E-state index in [9.17, 15) is 0 Å². The largest absolute Gasteiger partial charge is 0.503 e. The first-order valence-electron chi connectivity index (χ1n) is 3.76. The lowest BCUT2D eigenvalue weighted by Crippen LogP contribution is -2.29. The zero-order valence-electron chi connectivity index (χ0n) is 8.27. The predicted molar refractivity (Wildman–Crippen MR) is 46.7 cm³/mol. The zero-order valence-corrected chi connectivity index (χ0v) is 8.27. The molecule has 0 fully saturated rings. The Kier molecular flexibility index (Phi) is 3.97. The van der Waals surface area contributed by atoms with Crippen LogP contribution in [0.4, 0.5) is 4.79 Å². The van der Waals surface area contributed by atoms with Crippen LogP contribution >= 0.6 is 0 Å². The molecule has 1 aromatic rings. The monoisotopic (exact) mass is 187 g/mol. The predicted octanol–water partition coefficient (Wildman–Crippen LogP) is 0.689. The molecule has 1 rings (SSSR count). The fourth-order valence-corrected chi connectivity index (χ4v) is 0.952. The van der Waals surface area contributed by atoms with Gasteiger partial charge in [-0.2, -0.15) is 0 Å². The van der Waals surface area contributed by atoms with E-state index in [0.29, 0.717) is 0 Å². The SMILES string of the molecule is Cc1c[n+](C)c(C)n1C.O=C(O)O. The van der Waals surface area contributed by atoms with Crippen molar-refractivity contribution >= 4 is 6.16 Å². The average molecular weight is 187 g/mol. The molecule has 13 heavy (non-hydrogen) atoms. The Hall–Kier alpha value is -1.52. The van der Waals surface area contributed by atoms with Crippen LogP contribution in [0.25, 0.3) is 0 Å². The molecule has 0 amide bonds. The van der Waals surface area contributed by atoms with Crippen LogP contribution in [-0.4, -0.2) is 20.9 Å². The summed E-state index contributed by atoms with van der Waals surface area (Å²) in [5, 5.41) is 13.9. The number of imidazole rings is 1. The molecule has 74 valence electrons. The molecule has 1 heterocycles. The summed E-state index contributed by atoms with van der Waals surface area (Å²) in [5.74, 6) is 1.28. The minimum absolute atomic E-state index is 1.28. The molecule has 0 saturated heterocycles. The highest BCUT2D eigenvalue weighted by Gasteiger charge is 2.07. The number of nitrogens with zero attached hydrogens (tertiary/aromatic N) is 2. The molecule has 0 aliphatic heterocycles. The number of aryl methyl sites for hydroxylation is 2. The fraction of sp³-hybridized carbons (Fsp3) is 0.500. The van der Waals surface area contributed by atoms with Crippen molar-refractivity contribution in [3.8, 4) is 0 Å². The molecule has 0 unspecified atom stereocenters. The van der Waals surface area contributed by atoms with Gasteiger partial charge in [0.2, 0.25) is 0 Å². The van der Waals surface area contributed by atoms with Gasteiger partial charge in [0.15, 0.2) is 0 Å². The number of hydrogen-bond donors (Lipinski definition) is 2. The van der Waals surface area contributed by atoms with Gasteiger partial charge in [0.1, 0.15) is 11.9 Å². The number of carboxylic acid groups (broad SMARTS) is 2.